The molecule has 14 rings (SSSR count). The lowest BCUT2D eigenvalue weighted by atomic mass is 10.1. The lowest BCUT2D eigenvalue weighted by Crippen LogP contribution is -2.74. The smallest absolute Gasteiger partial charge is 0.221 e. The normalized spacial score (nSPS) is 12.2. The Morgan fingerprint density at radius 3 is 1.52 bits per heavy atom. The zero-order valence-electron chi connectivity index (χ0n) is 36.2. The van der Waals surface area contributed by atoms with Crippen LogP contribution in [0.25, 0.3) is 92.6 Å². The molecule has 0 bridgehead atoms. The summed E-state index contributed by atoms with van der Waals surface area (Å²) in [6.07, 6.45) is 0. The van der Waals surface area contributed by atoms with E-state index < -0.39 is 8.07 Å². The van der Waals surface area contributed by atoms with Gasteiger partial charge in [0, 0.05) is 30.9 Å². The summed E-state index contributed by atoms with van der Waals surface area (Å²) in [7, 11) is -2.88. The molecule has 0 atom stereocenters. The number of para-hydroxylation sites is 6. The maximum atomic E-state index is 5.61. The monoisotopic (exact) mass is 889 g/mol. The molecule has 0 saturated heterocycles. The molecular formula is C60H39N5SSi. The minimum atomic E-state index is -2.88. The lowest BCUT2D eigenvalue weighted by Gasteiger charge is -2.34. The lowest BCUT2D eigenvalue weighted by molar-refractivity contribution is 0.997. The predicted octanol–water partition coefficient (Wildman–Crippen LogP) is 12.3. The first-order valence-electron chi connectivity index (χ1n) is 22.7. The Balaban J connectivity index is 1.02. The zero-order valence-corrected chi connectivity index (χ0v) is 38.0. The first-order chi connectivity index (χ1) is 33.2. The van der Waals surface area contributed by atoms with Crippen LogP contribution >= 0.6 is 11.3 Å². The summed E-state index contributed by atoms with van der Waals surface area (Å²) < 4.78 is 9.45. The van der Waals surface area contributed by atoms with Gasteiger partial charge in [0.1, 0.15) is 11.6 Å². The number of imidazole rings is 2. The first kappa shape index (κ1) is 38.0. The van der Waals surface area contributed by atoms with Gasteiger partial charge >= 0.3 is 0 Å². The van der Waals surface area contributed by atoms with E-state index in [1.165, 1.54) is 51.7 Å². The molecule has 0 N–H and O–H groups in total. The van der Waals surface area contributed by atoms with Gasteiger partial charge in [-0.1, -0.05) is 176 Å². The van der Waals surface area contributed by atoms with Crippen molar-refractivity contribution in [2.45, 2.75) is 0 Å². The standard InChI is InChI=1S/C60H39N5SSi/c1-3-17-42(18-4-1)67(43-19-5-2-6-20-43,45-35-36-57-49(39-45)48-23-9-16-30-56(48)66-57)44-33-31-40(32-34-44)41-37-58(63-51-25-11-7-21-46(51)47-22-8-12-26-52(47)63)62-59(38-41)65-55-29-15-14-28-54(55)64-53-27-13-10-24-50(53)61-60(64)65/h1-39H. The van der Waals surface area contributed by atoms with Gasteiger partial charge in [0.15, 0.2) is 8.07 Å². The van der Waals surface area contributed by atoms with E-state index in [1.54, 1.807) is 0 Å². The van der Waals surface area contributed by atoms with E-state index in [0.717, 1.165) is 61.6 Å². The number of hydrogen-bond donors (Lipinski definition) is 0. The third-order valence-corrected chi connectivity index (χ3v) is 19.7. The molecule has 5 nitrogen and oxygen atoms in total. The van der Waals surface area contributed by atoms with E-state index in [2.05, 4.69) is 250 Å². The highest BCUT2D eigenvalue weighted by molar-refractivity contribution is 7.26. The van der Waals surface area contributed by atoms with Gasteiger partial charge in [-0.25, -0.2) is 9.97 Å². The van der Waals surface area contributed by atoms with Crippen LogP contribution in [-0.4, -0.2) is 31.6 Å². The number of nitrogens with zero attached hydrogens (tertiary/aromatic N) is 5. The van der Waals surface area contributed by atoms with Crippen molar-refractivity contribution in [3.05, 3.63) is 237 Å². The Morgan fingerprint density at radius 2 is 0.836 bits per heavy atom. The van der Waals surface area contributed by atoms with Gasteiger partial charge < -0.3 is 0 Å². The maximum absolute atomic E-state index is 5.61. The summed E-state index contributed by atoms with van der Waals surface area (Å²) in [4.78, 5) is 10.9. The number of pyridine rings is 1. The van der Waals surface area contributed by atoms with Gasteiger partial charge in [-0.05, 0) is 92.5 Å². The SMILES string of the molecule is c1ccc([Si](c2ccccc2)(c2ccc(-c3cc(-n4c5ccccc5c5ccccc54)nc(-n4c5ccccc5n5c6ccccc6nc45)c3)cc2)c2ccc3sc4ccccc4c3c2)cc1. The van der Waals surface area contributed by atoms with Crippen LogP contribution in [0, 0.1) is 0 Å². The third-order valence-electron chi connectivity index (χ3n) is 13.8. The highest BCUT2D eigenvalue weighted by Gasteiger charge is 2.41. The van der Waals surface area contributed by atoms with Crippen LogP contribution < -0.4 is 20.7 Å². The Bertz CT molecular complexity index is 4130. The highest BCUT2D eigenvalue weighted by Crippen LogP contribution is 2.37. The number of thiophene rings is 1. The predicted molar refractivity (Wildman–Crippen MR) is 284 cm³/mol. The second kappa shape index (κ2) is 14.8. The molecule has 0 aliphatic carbocycles. The fraction of sp³-hybridized carbons (Fsp3) is 0. The minimum Gasteiger partial charge on any atom is -0.294 e. The molecule has 5 heterocycles. The molecular weight excluding hydrogens is 851 g/mol. The molecule has 0 fully saturated rings. The van der Waals surface area contributed by atoms with E-state index in [-0.39, 0.29) is 0 Å². The number of rotatable bonds is 7. The van der Waals surface area contributed by atoms with Gasteiger partial charge in [0.2, 0.25) is 5.78 Å². The number of benzene rings is 9. The van der Waals surface area contributed by atoms with E-state index in [0.29, 0.717) is 0 Å². The maximum Gasteiger partial charge on any atom is 0.221 e. The summed E-state index contributed by atoms with van der Waals surface area (Å²) in [5, 5.41) is 10.4. The molecule has 0 aliphatic heterocycles. The summed E-state index contributed by atoms with van der Waals surface area (Å²) in [5.74, 6) is 2.47. The van der Waals surface area contributed by atoms with Crippen molar-refractivity contribution in [2.75, 3.05) is 0 Å². The van der Waals surface area contributed by atoms with Crippen molar-refractivity contribution in [3.63, 3.8) is 0 Å². The Labute approximate surface area is 390 Å². The largest absolute Gasteiger partial charge is 0.294 e. The van der Waals surface area contributed by atoms with E-state index >= 15 is 0 Å². The molecule has 9 aromatic carbocycles. The van der Waals surface area contributed by atoms with Crippen molar-refractivity contribution < 1.29 is 0 Å². The molecule has 0 aliphatic rings. The highest BCUT2D eigenvalue weighted by atomic mass is 32.1. The van der Waals surface area contributed by atoms with E-state index in [9.17, 15) is 0 Å². The average Bonchev–Trinajstić information content (AvgIpc) is 4.14. The average molecular weight is 890 g/mol. The van der Waals surface area contributed by atoms with E-state index in [4.69, 9.17) is 9.97 Å². The molecule has 5 aromatic heterocycles. The quantitative estimate of drug-likeness (QED) is 0.118. The van der Waals surface area contributed by atoms with Crippen molar-refractivity contribution in [3.8, 4) is 22.8 Å². The third kappa shape index (κ3) is 5.65. The Morgan fingerprint density at radius 1 is 0.328 bits per heavy atom. The zero-order chi connectivity index (χ0) is 44.1. The molecule has 314 valence electrons. The van der Waals surface area contributed by atoms with Crippen molar-refractivity contribution >= 4 is 110 Å². The van der Waals surface area contributed by atoms with Crippen molar-refractivity contribution in [2.24, 2.45) is 0 Å². The van der Waals surface area contributed by atoms with Gasteiger partial charge in [0.25, 0.3) is 0 Å². The van der Waals surface area contributed by atoms with Gasteiger partial charge in [0.05, 0.1) is 33.1 Å². The summed E-state index contributed by atoms with van der Waals surface area (Å²) in [6.45, 7) is 0. The van der Waals surface area contributed by atoms with Crippen LogP contribution in [0.4, 0.5) is 0 Å². The van der Waals surface area contributed by atoms with Gasteiger partial charge in [-0.2, -0.15) is 0 Å². The minimum absolute atomic E-state index is 0.800. The molecule has 7 heteroatoms. The van der Waals surface area contributed by atoms with Crippen molar-refractivity contribution in [1.82, 2.24) is 23.5 Å². The Kier molecular flexibility index (Phi) is 8.40. The van der Waals surface area contributed by atoms with Gasteiger partial charge in [-0.3, -0.25) is 13.5 Å². The van der Waals surface area contributed by atoms with E-state index in [1.807, 2.05) is 11.3 Å². The topological polar surface area (TPSA) is 40.0 Å². The van der Waals surface area contributed by atoms with Crippen LogP contribution in [0.1, 0.15) is 0 Å². The van der Waals surface area contributed by atoms with Crippen LogP contribution in [0.15, 0.2) is 237 Å². The summed E-state index contributed by atoms with van der Waals surface area (Å²) in [6, 6.07) is 86.8. The summed E-state index contributed by atoms with van der Waals surface area (Å²) in [5.41, 5.74) is 8.54. The Hall–Kier alpha value is -8.36. The fourth-order valence-electron chi connectivity index (χ4n) is 10.9. The van der Waals surface area contributed by atoms with Crippen LogP contribution in [-0.2, 0) is 0 Å². The molecule has 0 spiro atoms. The number of aromatic nitrogens is 5. The first-order valence-corrected chi connectivity index (χ1v) is 25.6. The van der Waals surface area contributed by atoms with Crippen LogP contribution in [0.2, 0.25) is 0 Å². The van der Waals surface area contributed by atoms with Crippen LogP contribution in [0.5, 0.6) is 0 Å². The van der Waals surface area contributed by atoms with Gasteiger partial charge in [-0.15, -0.1) is 11.3 Å². The summed E-state index contributed by atoms with van der Waals surface area (Å²) >= 11 is 1.87. The fourth-order valence-corrected chi connectivity index (χ4v) is 16.7. The number of fused-ring (bicyclic) bond motifs is 11. The second-order valence-electron chi connectivity index (χ2n) is 17.4. The molecule has 0 radical (unpaired) electrons. The second-order valence-corrected chi connectivity index (χ2v) is 22.3. The van der Waals surface area contributed by atoms with Crippen LogP contribution in [0.3, 0.4) is 0 Å². The number of hydrogen-bond acceptors (Lipinski definition) is 3. The molecule has 14 aromatic rings. The molecule has 0 saturated carbocycles. The van der Waals surface area contributed by atoms with Crippen molar-refractivity contribution in [1.29, 1.82) is 0 Å². The molecule has 0 unspecified atom stereocenters. The molecule has 67 heavy (non-hydrogen) atoms. The molecule has 0 amide bonds.